The highest BCUT2D eigenvalue weighted by Crippen LogP contribution is 2.33. The first-order chi connectivity index (χ1) is 15.5. The number of methoxy groups -OCH3 is 1. The Labute approximate surface area is 192 Å². The topological polar surface area (TPSA) is 72.7 Å². The van der Waals surface area contributed by atoms with Crippen LogP contribution in [0.3, 0.4) is 0 Å². The molecule has 3 rings (SSSR count). The lowest BCUT2D eigenvalue weighted by molar-refractivity contribution is -0.385. The first-order valence-corrected chi connectivity index (χ1v) is 10.7. The summed E-state index contributed by atoms with van der Waals surface area (Å²) in [6.45, 7) is 1.07. The van der Waals surface area contributed by atoms with Crippen molar-refractivity contribution in [2.45, 2.75) is 12.3 Å². The molecule has 0 spiro atoms. The Morgan fingerprint density at radius 3 is 2.47 bits per heavy atom. The maximum atomic E-state index is 12.1. The molecule has 0 N–H and O–H groups in total. The van der Waals surface area contributed by atoms with E-state index >= 15 is 0 Å². The van der Waals surface area contributed by atoms with E-state index in [-0.39, 0.29) is 29.0 Å². The van der Waals surface area contributed by atoms with Crippen molar-refractivity contribution in [3.05, 3.63) is 111 Å². The van der Waals surface area contributed by atoms with Crippen LogP contribution in [0.4, 0.5) is 5.69 Å². The van der Waals surface area contributed by atoms with Crippen LogP contribution in [0.25, 0.3) is 0 Å². The Balaban J connectivity index is 1.95. The normalized spacial score (nSPS) is 11.8. The van der Waals surface area contributed by atoms with E-state index in [1.54, 1.807) is 24.3 Å². The molecular weight excluding hydrogens is 428 g/mol. The molecule has 0 amide bonds. The highest BCUT2D eigenvalue weighted by Gasteiger charge is 2.26. The summed E-state index contributed by atoms with van der Waals surface area (Å²) in [4.78, 5) is 25.5. The fourth-order valence-electron chi connectivity index (χ4n) is 3.73. The van der Waals surface area contributed by atoms with Crippen LogP contribution >= 0.6 is 11.6 Å². The molecule has 0 radical (unpaired) electrons. The van der Waals surface area contributed by atoms with Gasteiger partial charge in [-0.1, -0.05) is 72.3 Å². The summed E-state index contributed by atoms with van der Waals surface area (Å²) in [6, 6.07) is 24.0. The number of rotatable bonds is 10. The molecule has 0 saturated heterocycles. The molecular formula is C25H25ClN2O4. The molecule has 0 fully saturated rings. The van der Waals surface area contributed by atoms with Crippen molar-refractivity contribution in [2.24, 2.45) is 0 Å². The van der Waals surface area contributed by atoms with Gasteiger partial charge in [-0.3, -0.25) is 19.8 Å². The second kappa shape index (κ2) is 11.4. The second-order valence-corrected chi connectivity index (χ2v) is 7.91. The number of nitro benzene ring substituents is 1. The molecule has 0 bridgehead atoms. The number of hydrogen-bond donors (Lipinski definition) is 0. The van der Waals surface area contributed by atoms with Gasteiger partial charge in [0.1, 0.15) is 0 Å². The van der Waals surface area contributed by atoms with Crippen LogP contribution in [-0.2, 0) is 16.0 Å². The Morgan fingerprint density at radius 1 is 1.06 bits per heavy atom. The summed E-state index contributed by atoms with van der Waals surface area (Å²) in [5, 5.41) is 12.3. The smallest absolute Gasteiger partial charge is 0.319 e. The van der Waals surface area contributed by atoms with Crippen molar-refractivity contribution in [1.29, 1.82) is 0 Å². The fraction of sp³-hybridized carbons (Fsp3) is 0.240. The molecule has 0 aromatic heterocycles. The minimum Gasteiger partial charge on any atom is -0.468 e. The SMILES string of the molecule is COC(=O)CN(CCc1ccccc1)CC(c1cccc(Cl)c1)c1ccccc1[N+](=O)[O-]. The van der Waals surface area contributed by atoms with E-state index < -0.39 is 0 Å². The number of hydrogen-bond acceptors (Lipinski definition) is 5. The van der Waals surface area contributed by atoms with E-state index in [4.69, 9.17) is 16.3 Å². The van der Waals surface area contributed by atoms with Crippen molar-refractivity contribution < 1.29 is 14.5 Å². The lowest BCUT2D eigenvalue weighted by atomic mass is 9.89. The Morgan fingerprint density at radius 2 is 1.78 bits per heavy atom. The zero-order valence-electron chi connectivity index (χ0n) is 17.8. The van der Waals surface area contributed by atoms with Crippen molar-refractivity contribution in [3.8, 4) is 0 Å². The average molecular weight is 453 g/mol. The highest BCUT2D eigenvalue weighted by atomic mass is 35.5. The summed E-state index contributed by atoms with van der Waals surface area (Å²) < 4.78 is 4.90. The summed E-state index contributed by atoms with van der Waals surface area (Å²) >= 11 is 6.24. The number of carbonyl (C=O) groups is 1. The molecule has 32 heavy (non-hydrogen) atoms. The number of nitro groups is 1. The third kappa shape index (κ3) is 6.39. The van der Waals surface area contributed by atoms with E-state index in [9.17, 15) is 14.9 Å². The Kier molecular flexibility index (Phi) is 8.36. The third-order valence-electron chi connectivity index (χ3n) is 5.34. The van der Waals surface area contributed by atoms with Gasteiger partial charge in [0.05, 0.1) is 18.6 Å². The number of benzene rings is 3. The standard InChI is InChI=1S/C25H25ClN2O4/c1-32-25(29)18-27(15-14-19-8-3-2-4-9-19)17-23(20-10-7-11-21(26)16-20)22-12-5-6-13-24(22)28(30)31/h2-13,16,23H,14-15,17-18H2,1H3. The van der Waals surface area contributed by atoms with Crippen LogP contribution in [0.5, 0.6) is 0 Å². The lowest BCUT2D eigenvalue weighted by Gasteiger charge is -2.27. The minimum atomic E-state index is -0.374. The molecule has 1 unspecified atom stereocenters. The maximum Gasteiger partial charge on any atom is 0.319 e. The second-order valence-electron chi connectivity index (χ2n) is 7.47. The summed E-state index contributed by atoms with van der Waals surface area (Å²) in [7, 11) is 1.36. The molecule has 0 aliphatic heterocycles. The molecule has 0 saturated carbocycles. The molecule has 3 aromatic carbocycles. The van der Waals surface area contributed by atoms with Crippen molar-refractivity contribution in [2.75, 3.05) is 26.7 Å². The zero-order valence-corrected chi connectivity index (χ0v) is 18.6. The van der Waals surface area contributed by atoms with Crippen molar-refractivity contribution in [1.82, 2.24) is 4.90 Å². The van der Waals surface area contributed by atoms with Crippen LogP contribution in [-0.4, -0.2) is 42.5 Å². The zero-order chi connectivity index (χ0) is 22.9. The van der Waals surface area contributed by atoms with Gasteiger partial charge in [-0.25, -0.2) is 0 Å². The van der Waals surface area contributed by atoms with Crippen LogP contribution in [0.2, 0.25) is 5.02 Å². The fourth-order valence-corrected chi connectivity index (χ4v) is 3.93. The van der Waals surface area contributed by atoms with Gasteiger partial charge in [-0.2, -0.15) is 0 Å². The molecule has 0 aliphatic rings. The number of esters is 1. The van der Waals surface area contributed by atoms with Crippen molar-refractivity contribution >= 4 is 23.3 Å². The Hall–Kier alpha value is -3.22. The number of ether oxygens (including phenoxy) is 1. The molecule has 0 aliphatic carbocycles. The molecule has 7 heteroatoms. The van der Waals surface area contributed by atoms with Gasteiger partial charge in [0.2, 0.25) is 0 Å². The minimum absolute atomic E-state index is 0.0403. The van der Waals surface area contributed by atoms with E-state index in [2.05, 4.69) is 0 Å². The van der Waals surface area contributed by atoms with Gasteiger partial charge in [0.25, 0.3) is 5.69 Å². The molecule has 1 atom stereocenters. The number of carbonyl (C=O) groups excluding carboxylic acids is 1. The summed E-state index contributed by atoms with van der Waals surface area (Å²) in [5.41, 5.74) is 2.61. The van der Waals surface area contributed by atoms with Crippen molar-refractivity contribution in [3.63, 3.8) is 0 Å². The number of halogens is 1. The van der Waals surface area contributed by atoms with E-state index in [1.807, 2.05) is 53.4 Å². The van der Waals surface area contributed by atoms with Crippen LogP contribution in [0, 0.1) is 10.1 Å². The first-order valence-electron chi connectivity index (χ1n) is 10.3. The van der Waals surface area contributed by atoms with Gasteiger partial charge < -0.3 is 4.74 Å². The van der Waals surface area contributed by atoms with Gasteiger partial charge in [-0.15, -0.1) is 0 Å². The van der Waals surface area contributed by atoms with E-state index in [0.717, 1.165) is 17.5 Å². The predicted molar refractivity (Wildman–Crippen MR) is 125 cm³/mol. The number of nitrogens with zero attached hydrogens (tertiary/aromatic N) is 2. The first kappa shape index (κ1) is 23.4. The lowest BCUT2D eigenvalue weighted by Crippen LogP contribution is -2.36. The monoisotopic (exact) mass is 452 g/mol. The quantitative estimate of drug-likeness (QED) is 0.243. The summed E-state index contributed by atoms with van der Waals surface area (Å²) in [5.74, 6) is -0.707. The molecule has 0 heterocycles. The van der Waals surface area contributed by atoms with E-state index in [1.165, 1.54) is 13.2 Å². The number of para-hydroxylation sites is 1. The van der Waals surface area contributed by atoms with Crippen LogP contribution < -0.4 is 0 Å². The predicted octanol–water partition coefficient (Wildman–Crippen LogP) is 5.10. The Bertz CT molecular complexity index is 1060. The average Bonchev–Trinajstić information content (AvgIpc) is 2.81. The molecule has 6 nitrogen and oxygen atoms in total. The third-order valence-corrected chi connectivity index (χ3v) is 5.58. The van der Waals surface area contributed by atoms with Crippen LogP contribution in [0.15, 0.2) is 78.9 Å². The molecule has 3 aromatic rings. The maximum absolute atomic E-state index is 12.1. The van der Waals surface area contributed by atoms with E-state index in [0.29, 0.717) is 23.7 Å². The largest absolute Gasteiger partial charge is 0.468 e. The van der Waals surface area contributed by atoms with Crippen LogP contribution in [0.1, 0.15) is 22.6 Å². The molecule has 166 valence electrons. The van der Waals surface area contributed by atoms with Gasteiger partial charge in [-0.05, 0) is 29.7 Å². The van der Waals surface area contributed by atoms with Gasteiger partial charge in [0.15, 0.2) is 0 Å². The van der Waals surface area contributed by atoms with Gasteiger partial charge >= 0.3 is 5.97 Å². The highest BCUT2D eigenvalue weighted by molar-refractivity contribution is 6.30. The van der Waals surface area contributed by atoms with Gasteiger partial charge in [0, 0.05) is 35.7 Å². The summed E-state index contributed by atoms with van der Waals surface area (Å²) in [6.07, 6.45) is 0.733.